The summed E-state index contributed by atoms with van der Waals surface area (Å²) < 4.78 is 6.81. The Morgan fingerprint density at radius 3 is 2.86 bits per heavy atom. The molecule has 1 aromatic heterocycles. The third-order valence-electron chi connectivity index (χ3n) is 3.16. The van der Waals surface area contributed by atoms with Crippen LogP contribution in [0.15, 0.2) is 34.9 Å². The van der Waals surface area contributed by atoms with Crippen LogP contribution >= 0.6 is 28.1 Å². The van der Waals surface area contributed by atoms with Gasteiger partial charge >= 0.3 is 0 Å². The third kappa shape index (κ3) is 4.38. The van der Waals surface area contributed by atoms with Crippen molar-refractivity contribution in [1.29, 1.82) is 0 Å². The largest absolute Gasteiger partial charge is 0.484 e. The molecule has 0 radical (unpaired) electrons. The maximum Gasteiger partial charge on any atom is 0.146 e. The first-order valence-electron chi connectivity index (χ1n) is 6.95. The highest BCUT2D eigenvalue weighted by atomic mass is 79.9. The van der Waals surface area contributed by atoms with E-state index in [2.05, 4.69) is 26.2 Å². The van der Waals surface area contributed by atoms with E-state index < -0.39 is 5.54 Å². The molecule has 22 heavy (non-hydrogen) atoms. The average molecular weight is 383 g/mol. The molecule has 0 aliphatic rings. The van der Waals surface area contributed by atoms with Crippen molar-refractivity contribution in [3.05, 3.63) is 34.9 Å². The Hall–Kier alpha value is -1.24. The van der Waals surface area contributed by atoms with E-state index in [1.807, 2.05) is 45.0 Å². The summed E-state index contributed by atoms with van der Waals surface area (Å²) in [6.07, 6.45) is 1.47. The number of fused-ring (bicyclic) bond motifs is 1. The lowest BCUT2D eigenvalue weighted by Gasteiger charge is -2.28. The van der Waals surface area contributed by atoms with Gasteiger partial charge in [0.1, 0.15) is 16.8 Å². The Bertz CT molecular complexity index is 691. The minimum Gasteiger partial charge on any atom is -0.484 e. The van der Waals surface area contributed by atoms with Crippen molar-refractivity contribution in [2.24, 2.45) is 0 Å². The quantitative estimate of drug-likeness (QED) is 0.775. The molecule has 1 atom stereocenters. The molecule has 6 heteroatoms. The highest BCUT2D eigenvalue weighted by Crippen LogP contribution is 2.23. The van der Waals surface area contributed by atoms with Crippen LogP contribution in [0.25, 0.3) is 10.9 Å². The fourth-order valence-corrected chi connectivity index (χ4v) is 2.56. The standard InChI is InChI=1S/C16H19BrN2O2S/c1-10(15(22)19-16(2,3)9-20)21-13-4-5-14-11(7-13)6-12(17)8-18-14/h4-8,10,20H,9H2,1-3H3,(H,19,22). The van der Waals surface area contributed by atoms with E-state index in [9.17, 15) is 5.11 Å². The fraction of sp³-hybridized carbons (Fsp3) is 0.375. The molecule has 0 spiro atoms. The van der Waals surface area contributed by atoms with E-state index in [1.165, 1.54) is 0 Å². The van der Waals surface area contributed by atoms with Crippen LogP contribution < -0.4 is 10.1 Å². The first kappa shape index (κ1) is 17.1. The number of hydrogen-bond donors (Lipinski definition) is 2. The van der Waals surface area contributed by atoms with E-state index in [0.29, 0.717) is 4.99 Å². The molecule has 0 amide bonds. The minimum atomic E-state index is -0.465. The number of nitrogens with zero attached hydrogens (tertiary/aromatic N) is 1. The zero-order valence-corrected chi connectivity index (χ0v) is 15.2. The lowest BCUT2D eigenvalue weighted by atomic mass is 10.1. The second kappa shape index (κ2) is 6.89. The van der Waals surface area contributed by atoms with Gasteiger partial charge in [-0.05, 0) is 61.0 Å². The van der Waals surface area contributed by atoms with Crippen LogP contribution in [0.3, 0.4) is 0 Å². The van der Waals surface area contributed by atoms with Crippen LogP contribution in [-0.4, -0.2) is 33.3 Å². The van der Waals surface area contributed by atoms with Gasteiger partial charge in [0.15, 0.2) is 0 Å². The number of benzene rings is 1. The summed E-state index contributed by atoms with van der Waals surface area (Å²) >= 11 is 8.75. The highest BCUT2D eigenvalue weighted by molar-refractivity contribution is 9.10. The number of aliphatic hydroxyl groups is 1. The van der Waals surface area contributed by atoms with Gasteiger partial charge in [-0.15, -0.1) is 0 Å². The average Bonchev–Trinajstić information content (AvgIpc) is 2.46. The lowest BCUT2D eigenvalue weighted by molar-refractivity contribution is 0.201. The zero-order chi connectivity index (χ0) is 16.3. The second-order valence-electron chi connectivity index (χ2n) is 5.80. The van der Waals surface area contributed by atoms with Gasteiger partial charge in [0.25, 0.3) is 0 Å². The molecular formula is C16H19BrN2O2S. The first-order chi connectivity index (χ1) is 10.3. The Morgan fingerprint density at radius 2 is 2.18 bits per heavy atom. The second-order valence-corrected chi connectivity index (χ2v) is 7.15. The van der Waals surface area contributed by atoms with Crippen LogP contribution in [-0.2, 0) is 0 Å². The molecule has 0 saturated carbocycles. The summed E-state index contributed by atoms with van der Waals surface area (Å²) in [7, 11) is 0. The summed E-state index contributed by atoms with van der Waals surface area (Å²) in [5, 5.41) is 13.4. The molecule has 0 fully saturated rings. The van der Waals surface area contributed by atoms with Crippen LogP contribution in [0.1, 0.15) is 20.8 Å². The smallest absolute Gasteiger partial charge is 0.146 e. The summed E-state index contributed by atoms with van der Waals surface area (Å²) in [4.78, 5) is 4.89. The number of thiocarbonyl (C=S) groups is 1. The van der Waals surface area contributed by atoms with E-state index in [1.54, 1.807) is 6.20 Å². The SMILES string of the molecule is CC(Oc1ccc2ncc(Br)cc2c1)C(=S)NC(C)(C)CO. The molecule has 2 aromatic rings. The van der Waals surface area contributed by atoms with E-state index in [0.717, 1.165) is 21.1 Å². The van der Waals surface area contributed by atoms with Gasteiger partial charge in [-0.1, -0.05) is 12.2 Å². The third-order valence-corrected chi connectivity index (χ3v) is 4.03. The van der Waals surface area contributed by atoms with Crippen molar-refractivity contribution in [2.75, 3.05) is 6.61 Å². The van der Waals surface area contributed by atoms with Gasteiger partial charge in [0, 0.05) is 16.1 Å². The molecule has 118 valence electrons. The molecule has 0 saturated heterocycles. The predicted molar refractivity (Wildman–Crippen MR) is 96.4 cm³/mol. The Kier molecular flexibility index (Phi) is 5.36. The summed E-state index contributed by atoms with van der Waals surface area (Å²) in [5.41, 5.74) is 0.442. The number of halogens is 1. The maximum absolute atomic E-state index is 9.28. The molecule has 1 aromatic carbocycles. The van der Waals surface area contributed by atoms with Crippen molar-refractivity contribution >= 4 is 44.0 Å². The topological polar surface area (TPSA) is 54.4 Å². The van der Waals surface area contributed by atoms with Crippen LogP contribution in [0.2, 0.25) is 0 Å². The Morgan fingerprint density at radius 1 is 1.45 bits per heavy atom. The van der Waals surface area contributed by atoms with Gasteiger partial charge in [0.2, 0.25) is 0 Å². The van der Waals surface area contributed by atoms with Crippen molar-refractivity contribution in [1.82, 2.24) is 10.3 Å². The Labute approximate surface area is 144 Å². The van der Waals surface area contributed by atoms with Gasteiger partial charge < -0.3 is 15.2 Å². The molecule has 0 bridgehead atoms. The first-order valence-corrected chi connectivity index (χ1v) is 8.16. The summed E-state index contributed by atoms with van der Waals surface area (Å²) in [6, 6.07) is 7.71. The van der Waals surface area contributed by atoms with Gasteiger partial charge in [0.05, 0.1) is 17.7 Å². The molecule has 2 N–H and O–H groups in total. The molecule has 1 heterocycles. The zero-order valence-electron chi connectivity index (χ0n) is 12.8. The molecular weight excluding hydrogens is 364 g/mol. The minimum absolute atomic E-state index is 0.00443. The van der Waals surface area contributed by atoms with Crippen LogP contribution in [0.4, 0.5) is 0 Å². The van der Waals surface area contributed by atoms with Crippen molar-refractivity contribution in [3.8, 4) is 5.75 Å². The number of aromatic nitrogens is 1. The maximum atomic E-state index is 9.28. The van der Waals surface area contributed by atoms with Crippen LogP contribution in [0.5, 0.6) is 5.75 Å². The van der Waals surface area contributed by atoms with Crippen molar-refractivity contribution in [3.63, 3.8) is 0 Å². The number of pyridine rings is 1. The molecule has 0 aliphatic carbocycles. The van der Waals surface area contributed by atoms with E-state index >= 15 is 0 Å². The van der Waals surface area contributed by atoms with Crippen molar-refractivity contribution < 1.29 is 9.84 Å². The highest BCUT2D eigenvalue weighted by Gasteiger charge is 2.21. The number of hydrogen-bond acceptors (Lipinski definition) is 4. The monoisotopic (exact) mass is 382 g/mol. The predicted octanol–water partition coefficient (Wildman–Crippen LogP) is 3.45. The Balaban J connectivity index is 2.11. The van der Waals surface area contributed by atoms with Gasteiger partial charge in [-0.2, -0.15) is 0 Å². The van der Waals surface area contributed by atoms with E-state index in [-0.39, 0.29) is 12.7 Å². The number of rotatable bonds is 5. The molecule has 2 rings (SSSR count). The van der Waals surface area contributed by atoms with Crippen molar-refractivity contribution in [2.45, 2.75) is 32.4 Å². The molecule has 4 nitrogen and oxygen atoms in total. The van der Waals surface area contributed by atoms with E-state index in [4.69, 9.17) is 17.0 Å². The number of ether oxygens (including phenoxy) is 1. The number of aliphatic hydroxyl groups excluding tert-OH is 1. The summed E-state index contributed by atoms with van der Waals surface area (Å²) in [5.74, 6) is 0.728. The molecule has 1 unspecified atom stereocenters. The lowest BCUT2D eigenvalue weighted by Crippen LogP contribution is -2.49. The fourth-order valence-electron chi connectivity index (χ4n) is 1.89. The van der Waals surface area contributed by atoms with Crippen LogP contribution in [0, 0.1) is 0 Å². The van der Waals surface area contributed by atoms with Gasteiger partial charge in [-0.25, -0.2) is 0 Å². The summed E-state index contributed by atoms with van der Waals surface area (Å²) in [6.45, 7) is 5.64. The number of nitrogens with one attached hydrogen (secondary N) is 1. The normalized spacial score (nSPS) is 13.0. The molecule has 0 aliphatic heterocycles. The van der Waals surface area contributed by atoms with Gasteiger partial charge in [-0.3, -0.25) is 4.98 Å².